The molecule has 0 saturated heterocycles. The smallest absolute Gasteiger partial charge is 0.0541 e. The number of hydrogen-bond acceptors (Lipinski definition) is 0. The average Bonchev–Trinajstić information content (AvgIpc) is 3.39. The fourth-order valence-corrected chi connectivity index (χ4v) is 6.29. The number of fused-ring (bicyclic) bond motifs is 4. The molecule has 1 heterocycles. The number of aromatic nitrogens is 1. The van der Waals surface area contributed by atoms with Crippen molar-refractivity contribution in [2.24, 2.45) is 0 Å². The highest BCUT2D eigenvalue weighted by Gasteiger charge is 2.14. The first-order valence-corrected chi connectivity index (χ1v) is 14.1. The molecule has 192 valence electrons. The van der Waals surface area contributed by atoms with Gasteiger partial charge in [-0.05, 0) is 74.5 Å². The Hall–Kier alpha value is -5.40. The van der Waals surface area contributed by atoms with E-state index in [1.807, 2.05) is 0 Å². The molecular weight excluding hydrogens is 494 g/mol. The molecule has 1 nitrogen and oxygen atoms in total. The molecule has 8 aromatic rings. The van der Waals surface area contributed by atoms with Crippen LogP contribution in [0.25, 0.3) is 71.6 Å². The topological polar surface area (TPSA) is 4.93 Å². The zero-order valence-corrected chi connectivity index (χ0v) is 22.5. The van der Waals surface area contributed by atoms with E-state index in [2.05, 4.69) is 168 Å². The van der Waals surface area contributed by atoms with Crippen molar-refractivity contribution in [3.63, 3.8) is 0 Å². The Morgan fingerprint density at radius 1 is 0.317 bits per heavy atom. The van der Waals surface area contributed by atoms with Crippen LogP contribution in [-0.4, -0.2) is 4.57 Å². The Labute approximate surface area is 239 Å². The first kappa shape index (κ1) is 23.5. The number of nitrogens with zero attached hydrogens (tertiary/aromatic N) is 1. The van der Waals surface area contributed by atoms with Crippen LogP contribution in [0.4, 0.5) is 0 Å². The molecule has 0 bridgehead atoms. The van der Waals surface area contributed by atoms with Crippen LogP contribution in [0.1, 0.15) is 0 Å². The van der Waals surface area contributed by atoms with Crippen molar-refractivity contribution < 1.29 is 0 Å². The highest BCUT2D eigenvalue weighted by molar-refractivity contribution is 6.10. The SMILES string of the molecule is c1ccc(-n2c3ccccc3c3cc(-c4ccccc4-c4ccc(-c5cccc6ccccc56)cc4)ccc32)cc1. The zero-order valence-electron chi connectivity index (χ0n) is 22.5. The van der Waals surface area contributed by atoms with Crippen molar-refractivity contribution in [3.05, 3.63) is 164 Å². The Morgan fingerprint density at radius 3 is 1.66 bits per heavy atom. The molecule has 8 rings (SSSR count). The lowest BCUT2D eigenvalue weighted by Gasteiger charge is -2.13. The van der Waals surface area contributed by atoms with E-state index in [0.717, 1.165) is 0 Å². The van der Waals surface area contributed by atoms with Crippen LogP contribution < -0.4 is 0 Å². The third kappa shape index (κ3) is 3.94. The molecule has 0 saturated carbocycles. The van der Waals surface area contributed by atoms with Crippen LogP contribution in [0.5, 0.6) is 0 Å². The van der Waals surface area contributed by atoms with Gasteiger partial charge in [0.2, 0.25) is 0 Å². The largest absolute Gasteiger partial charge is 0.309 e. The number of rotatable bonds is 4. The average molecular weight is 522 g/mol. The van der Waals surface area contributed by atoms with Crippen LogP contribution in [0.2, 0.25) is 0 Å². The van der Waals surface area contributed by atoms with Gasteiger partial charge in [-0.2, -0.15) is 0 Å². The van der Waals surface area contributed by atoms with Crippen molar-refractivity contribution in [2.45, 2.75) is 0 Å². The fourth-order valence-electron chi connectivity index (χ4n) is 6.29. The van der Waals surface area contributed by atoms with Gasteiger partial charge in [0, 0.05) is 16.5 Å². The van der Waals surface area contributed by atoms with Gasteiger partial charge in [0.1, 0.15) is 0 Å². The summed E-state index contributed by atoms with van der Waals surface area (Å²) >= 11 is 0. The van der Waals surface area contributed by atoms with Crippen molar-refractivity contribution in [1.82, 2.24) is 4.57 Å². The molecule has 0 aliphatic heterocycles. The van der Waals surface area contributed by atoms with Gasteiger partial charge in [0.25, 0.3) is 0 Å². The van der Waals surface area contributed by atoms with Crippen LogP contribution >= 0.6 is 0 Å². The quantitative estimate of drug-likeness (QED) is 0.217. The van der Waals surface area contributed by atoms with E-state index in [1.54, 1.807) is 0 Å². The van der Waals surface area contributed by atoms with E-state index in [4.69, 9.17) is 0 Å². The summed E-state index contributed by atoms with van der Waals surface area (Å²) < 4.78 is 2.37. The molecule has 0 fully saturated rings. The summed E-state index contributed by atoms with van der Waals surface area (Å²) in [4.78, 5) is 0. The summed E-state index contributed by atoms with van der Waals surface area (Å²) in [6, 6.07) is 59.2. The molecule has 0 N–H and O–H groups in total. The molecule has 0 spiro atoms. The second-order valence-corrected chi connectivity index (χ2v) is 10.6. The lowest BCUT2D eigenvalue weighted by atomic mass is 9.92. The molecule has 1 aromatic heterocycles. The molecule has 0 radical (unpaired) electrons. The lowest BCUT2D eigenvalue weighted by Crippen LogP contribution is -1.93. The fraction of sp³-hybridized carbons (Fsp3) is 0. The predicted molar refractivity (Wildman–Crippen MR) is 175 cm³/mol. The van der Waals surface area contributed by atoms with Gasteiger partial charge in [-0.15, -0.1) is 0 Å². The Morgan fingerprint density at radius 2 is 0.854 bits per heavy atom. The van der Waals surface area contributed by atoms with E-state index in [9.17, 15) is 0 Å². The molecule has 0 unspecified atom stereocenters. The predicted octanol–water partition coefficient (Wildman–Crippen LogP) is 10.9. The van der Waals surface area contributed by atoms with Crippen LogP contribution in [0.3, 0.4) is 0 Å². The second kappa shape index (κ2) is 9.66. The van der Waals surface area contributed by atoms with Crippen molar-refractivity contribution in [2.75, 3.05) is 0 Å². The van der Waals surface area contributed by atoms with E-state index < -0.39 is 0 Å². The van der Waals surface area contributed by atoms with E-state index in [-0.39, 0.29) is 0 Å². The first-order valence-electron chi connectivity index (χ1n) is 14.1. The summed E-state index contributed by atoms with van der Waals surface area (Å²) in [6.07, 6.45) is 0. The van der Waals surface area contributed by atoms with Crippen LogP contribution in [-0.2, 0) is 0 Å². The Kier molecular flexibility index (Phi) is 5.53. The Balaban J connectivity index is 1.25. The standard InChI is InChI=1S/C40H27N/c1-2-13-32(14-3-1)41-39-20-9-8-18-37(39)38-27-31(25-26-40(38)41)36-17-7-6-16-34(36)29-21-23-30(24-22-29)35-19-10-12-28-11-4-5-15-33(28)35/h1-27H. The maximum Gasteiger partial charge on any atom is 0.0541 e. The van der Waals surface area contributed by atoms with E-state index >= 15 is 0 Å². The third-order valence-corrected chi connectivity index (χ3v) is 8.22. The number of para-hydroxylation sites is 2. The summed E-state index contributed by atoms with van der Waals surface area (Å²) in [7, 11) is 0. The van der Waals surface area contributed by atoms with Crippen LogP contribution in [0, 0.1) is 0 Å². The molecule has 0 aliphatic carbocycles. The minimum Gasteiger partial charge on any atom is -0.309 e. The highest BCUT2D eigenvalue weighted by atomic mass is 15.0. The van der Waals surface area contributed by atoms with Crippen molar-refractivity contribution in [3.8, 4) is 39.1 Å². The number of benzene rings is 7. The minimum atomic E-state index is 1.18. The monoisotopic (exact) mass is 521 g/mol. The summed E-state index contributed by atoms with van der Waals surface area (Å²) in [5.74, 6) is 0. The number of hydrogen-bond donors (Lipinski definition) is 0. The van der Waals surface area contributed by atoms with Gasteiger partial charge in [-0.1, -0.05) is 133 Å². The van der Waals surface area contributed by atoms with Gasteiger partial charge in [-0.3, -0.25) is 0 Å². The summed E-state index contributed by atoms with van der Waals surface area (Å²) in [6.45, 7) is 0. The molecule has 0 atom stereocenters. The maximum atomic E-state index is 2.37. The van der Waals surface area contributed by atoms with E-state index in [1.165, 1.54) is 71.6 Å². The molecule has 0 amide bonds. The molecule has 1 heteroatoms. The van der Waals surface area contributed by atoms with Gasteiger partial charge in [0.05, 0.1) is 11.0 Å². The molecule has 41 heavy (non-hydrogen) atoms. The van der Waals surface area contributed by atoms with Crippen molar-refractivity contribution in [1.29, 1.82) is 0 Å². The molecular formula is C40H27N. The van der Waals surface area contributed by atoms with Gasteiger partial charge in [0.15, 0.2) is 0 Å². The first-order chi connectivity index (χ1) is 20.3. The maximum absolute atomic E-state index is 2.37. The Bertz CT molecular complexity index is 2180. The molecule has 7 aromatic carbocycles. The summed E-state index contributed by atoms with van der Waals surface area (Å²) in [5.41, 5.74) is 11.0. The van der Waals surface area contributed by atoms with Gasteiger partial charge < -0.3 is 4.57 Å². The highest BCUT2D eigenvalue weighted by Crippen LogP contribution is 2.38. The zero-order chi connectivity index (χ0) is 27.2. The van der Waals surface area contributed by atoms with Crippen molar-refractivity contribution >= 4 is 32.6 Å². The lowest BCUT2D eigenvalue weighted by molar-refractivity contribution is 1.18. The van der Waals surface area contributed by atoms with Crippen LogP contribution in [0.15, 0.2) is 164 Å². The minimum absolute atomic E-state index is 1.18. The summed E-state index contributed by atoms with van der Waals surface area (Å²) in [5, 5.41) is 5.09. The van der Waals surface area contributed by atoms with Gasteiger partial charge in [-0.25, -0.2) is 0 Å². The normalized spacial score (nSPS) is 11.4. The second-order valence-electron chi connectivity index (χ2n) is 10.6. The third-order valence-electron chi connectivity index (χ3n) is 8.22. The molecule has 0 aliphatic rings. The van der Waals surface area contributed by atoms with E-state index in [0.29, 0.717) is 0 Å². The van der Waals surface area contributed by atoms with Gasteiger partial charge >= 0.3 is 0 Å².